The molecule has 0 aliphatic carbocycles. The maximum absolute atomic E-state index is 5.50. The van der Waals surface area contributed by atoms with E-state index < -0.39 is 0 Å². The SMILES string of the molecule is COc1cncc(N)c1N. The fraction of sp³-hybridized carbons (Fsp3) is 0.167. The van der Waals surface area contributed by atoms with Crippen LogP contribution in [0.15, 0.2) is 12.4 Å². The smallest absolute Gasteiger partial charge is 0.162 e. The van der Waals surface area contributed by atoms with E-state index in [0.717, 1.165) is 0 Å². The zero-order chi connectivity index (χ0) is 7.56. The number of nitrogens with two attached hydrogens (primary N) is 2. The van der Waals surface area contributed by atoms with Crippen molar-refractivity contribution in [2.24, 2.45) is 0 Å². The Hall–Kier alpha value is -1.45. The number of aromatic nitrogens is 1. The molecule has 0 radical (unpaired) electrons. The third-order valence-corrected chi connectivity index (χ3v) is 1.20. The van der Waals surface area contributed by atoms with Crippen molar-refractivity contribution in [3.63, 3.8) is 0 Å². The molecule has 4 heteroatoms. The first-order valence-electron chi connectivity index (χ1n) is 2.78. The fourth-order valence-electron chi connectivity index (χ4n) is 0.629. The van der Waals surface area contributed by atoms with Crippen LogP contribution in [-0.4, -0.2) is 12.1 Å². The molecule has 54 valence electrons. The summed E-state index contributed by atoms with van der Waals surface area (Å²) in [5.41, 5.74) is 11.8. The van der Waals surface area contributed by atoms with Gasteiger partial charge in [0, 0.05) is 0 Å². The number of anilines is 2. The van der Waals surface area contributed by atoms with Crippen LogP contribution in [0.5, 0.6) is 5.75 Å². The minimum atomic E-state index is 0.442. The molecule has 0 amide bonds. The highest BCUT2D eigenvalue weighted by Gasteiger charge is 2.00. The van der Waals surface area contributed by atoms with Crippen molar-refractivity contribution in [3.05, 3.63) is 12.4 Å². The van der Waals surface area contributed by atoms with E-state index in [-0.39, 0.29) is 0 Å². The van der Waals surface area contributed by atoms with Gasteiger partial charge in [-0.05, 0) is 0 Å². The highest BCUT2D eigenvalue weighted by atomic mass is 16.5. The summed E-state index contributed by atoms with van der Waals surface area (Å²) in [6, 6.07) is 0. The van der Waals surface area contributed by atoms with Crippen LogP contribution in [0.2, 0.25) is 0 Å². The molecule has 0 saturated heterocycles. The Morgan fingerprint density at radius 3 is 2.60 bits per heavy atom. The largest absolute Gasteiger partial charge is 0.493 e. The van der Waals surface area contributed by atoms with Gasteiger partial charge in [-0.3, -0.25) is 4.98 Å². The zero-order valence-corrected chi connectivity index (χ0v) is 5.66. The van der Waals surface area contributed by atoms with Gasteiger partial charge in [0.05, 0.1) is 25.2 Å². The Kier molecular flexibility index (Phi) is 1.62. The van der Waals surface area contributed by atoms with Gasteiger partial charge in [-0.25, -0.2) is 0 Å². The minimum absolute atomic E-state index is 0.442. The summed E-state index contributed by atoms with van der Waals surface area (Å²) in [7, 11) is 1.52. The number of methoxy groups -OCH3 is 1. The van der Waals surface area contributed by atoms with Gasteiger partial charge >= 0.3 is 0 Å². The highest BCUT2D eigenvalue weighted by Crippen LogP contribution is 2.24. The Labute approximate surface area is 58.8 Å². The maximum Gasteiger partial charge on any atom is 0.162 e. The van der Waals surface area contributed by atoms with Crippen LogP contribution >= 0.6 is 0 Å². The van der Waals surface area contributed by atoms with Crippen LogP contribution in [0, 0.1) is 0 Å². The van der Waals surface area contributed by atoms with E-state index in [0.29, 0.717) is 17.1 Å². The van der Waals surface area contributed by atoms with Crippen LogP contribution in [0.25, 0.3) is 0 Å². The van der Waals surface area contributed by atoms with Crippen LogP contribution in [-0.2, 0) is 0 Å². The normalized spacial score (nSPS) is 9.30. The van der Waals surface area contributed by atoms with E-state index in [1.165, 1.54) is 19.5 Å². The first kappa shape index (κ1) is 6.67. The quantitative estimate of drug-likeness (QED) is 0.585. The van der Waals surface area contributed by atoms with Crippen LogP contribution in [0.3, 0.4) is 0 Å². The highest BCUT2D eigenvalue weighted by molar-refractivity contribution is 5.68. The van der Waals surface area contributed by atoms with Gasteiger partial charge in [-0.1, -0.05) is 0 Å². The number of pyridine rings is 1. The Morgan fingerprint density at radius 2 is 2.10 bits per heavy atom. The topological polar surface area (TPSA) is 74.2 Å². The summed E-state index contributed by atoms with van der Waals surface area (Å²) in [6.45, 7) is 0. The molecular weight excluding hydrogens is 130 g/mol. The van der Waals surface area contributed by atoms with Crippen molar-refractivity contribution in [2.75, 3.05) is 18.6 Å². The van der Waals surface area contributed by atoms with Gasteiger partial charge in [-0.2, -0.15) is 0 Å². The molecular formula is C6H9N3O. The molecule has 1 rings (SSSR count). The third kappa shape index (κ3) is 0.953. The molecule has 0 saturated carbocycles. The average Bonchev–Trinajstić information content (AvgIpc) is 1.95. The second-order valence-corrected chi connectivity index (χ2v) is 1.84. The molecule has 0 aromatic carbocycles. The van der Waals surface area contributed by atoms with Crippen molar-refractivity contribution in [1.82, 2.24) is 4.98 Å². The lowest BCUT2D eigenvalue weighted by Gasteiger charge is -2.03. The number of nitrogen functional groups attached to an aromatic ring is 2. The molecule has 0 aliphatic rings. The summed E-state index contributed by atoms with van der Waals surface area (Å²) < 4.78 is 4.86. The molecule has 4 N–H and O–H groups in total. The van der Waals surface area contributed by atoms with Crippen LogP contribution in [0.1, 0.15) is 0 Å². The van der Waals surface area contributed by atoms with E-state index in [2.05, 4.69) is 4.98 Å². The predicted molar refractivity (Wildman–Crippen MR) is 39.6 cm³/mol. The summed E-state index contributed by atoms with van der Waals surface area (Å²) in [5, 5.41) is 0. The molecule has 1 heterocycles. The lowest BCUT2D eigenvalue weighted by Crippen LogP contribution is -1.98. The maximum atomic E-state index is 5.50. The van der Waals surface area contributed by atoms with Gasteiger partial charge in [0.1, 0.15) is 5.69 Å². The van der Waals surface area contributed by atoms with Crippen molar-refractivity contribution in [2.45, 2.75) is 0 Å². The molecule has 0 atom stereocenters. The van der Waals surface area contributed by atoms with E-state index >= 15 is 0 Å². The van der Waals surface area contributed by atoms with Crippen molar-refractivity contribution < 1.29 is 4.74 Å². The molecule has 4 nitrogen and oxygen atoms in total. The van der Waals surface area contributed by atoms with E-state index in [4.69, 9.17) is 16.2 Å². The van der Waals surface area contributed by atoms with Crippen molar-refractivity contribution in [1.29, 1.82) is 0 Å². The van der Waals surface area contributed by atoms with E-state index in [9.17, 15) is 0 Å². The Balaban J connectivity index is 3.14. The number of rotatable bonds is 1. The summed E-state index contributed by atoms with van der Waals surface area (Å²) in [4.78, 5) is 3.79. The molecule has 0 aliphatic heterocycles. The number of ether oxygens (including phenoxy) is 1. The summed E-state index contributed by atoms with van der Waals surface area (Å²) in [5.74, 6) is 0.514. The van der Waals surface area contributed by atoms with Gasteiger partial charge in [0.25, 0.3) is 0 Å². The molecule has 1 aromatic heterocycles. The standard InChI is InChI=1S/C6H9N3O/c1-10-5-3-9-2-4(7)6(5)8/h2-3H,7H2,1H3,(H2,8,9). The number of hydrogen-bond acceptors (Lipinski definition) is 4. The van der Waals surface area contributed by atoms with Gasteiger partial charge in [0.2, 0.25) is 0 Å². The molecule has 10 heavy (non-hydrogen) atoms. The van der Waals surface area contributed by atoms with Crippen molar-refractivity contribution in [3.8, 4) is 5.75 Å². The molecule has 0 unspecified atom stereocenters. The first-order chi connectivity index (χ1) is 4.75. The Morgan fingerprint density at radius 1 is 1.40 bits per heavy atom. The van der Waals surface area contributed by atoms with Gasteiger partial charge in [0.15, 0.2) is 5.75 Å². The minimum Gasteiger partial charge on any atom is -0.493 e. The lowest BCUT2D eigenvalue weighted by atomic mass is 10.3. The summed E-state index contributed by atoms with van der Waals surface area (Å²) in [6.07, 6.45) is 3.00. The van der Waals surface area contributed by atoms with E-state index in [1.54, 1.807) is 0 Å². The molecule has 0 fully saturated rings. The second kappa shape index (κ2) is 2.43. The second-order valence-electron chi connectivity index (χ2n) is 1.84. The average molecular weight is 139 g/mol. The summed E-state index contributed by atoms with van der Waals surface area (Å²) >= 11 is 0. The number of nitrogens with zero attached hydrogens (tertiary/aromatic N) is 1. The molecule has 0 bridgehead atoms. The van der Waals surface area contributed by atoms with E-state index in [1.807, 2.05) is 0 Å². The van der Waals surface area contributed by atoms with Gasteiger partial charge in [-0.15, -0.1) is 0 Å². The molecule has 1 aromatic rings. The van der Waals surface area contributed by atoms with Crippen LogP contribution < -0.4 is 16.2 Å². The molecule has 0 spiro atoms. The predicted octanol–water partition coefficient (Wildman–Crippen LogP) is 0.255. The third-order valence-electron chi connectivity index (χ3n) is 1.20. The first-order valence-corrected chi connectivity index (χ1v) is 2.78. The van der Waals surface area contributed by atoms with Crippen molar-refractivity contribution >= 4 is 11.4 Å². The fourth-order valence-corrected chi connectivity index (χ4v) is 0.629. The zero-order valence-electron chi connectivity index (χ0n) is 5.66. The Bertz CT molecular complexity index is 236. The monoisotopic (exact) mass is 139 g/mol. The van der Waals surface area contributed by atoms with Crippen LogP contribution in [0.4, 0.5) is 11.4 Å². The number of hydrogen-bond donors (Lipinski definition) is 2. The van der Waals surface area contributed by atoms with Gasteiger partial charge < -0.3 is 16.2 Å². The lowest BCUT2D eigenvalue weighted by molar-refractivity contribution is 0.415.